The molecule has 5 nitrogen and oxygen atoms in total. The zero-order valence-electron chi connectivity index (χ0n) is 15.8. The number of hydrogen-bond donors (Lipinski definition) is 2. The molecule has 1 heterocycles. The van der Waals surface area contributed by atoms with E-state index < -0.39 is 0 Å². The summed E-state index contributed by atoms with van der Waals surface area (Å²) in [4.78, 5) is 27.2. The molecule has 0 aromatic heterocycles. The topological polar surface area (TPSA) is 61.4 Å². The van der Waals surface area contributed by atoms with E-state index in [0.717, 1.165) is 51.6 Å². The third kappa shape index (κ3) is 4.96. The molecule has 1 aliphatic heterocycles. The van der Waals surface area contributed by atoms with Crippen molar-refractivity contribution in [2.75, 3.05) is 20.1 Å². The van der Waals surface area contributed by atoms with Crippen LogP contribution in [0.25, 0.3) is 0 Å². The summed E-state index contributed by atoms with van der Waals surface area (Å²) in [6, 6.07) is 0.658. The monoisotopic (exact) mass is 349 g/mol. The van der Waals surface area contributed by atoms with Crippen LogP contribution in [0.15, 0.2) is 0 Å². The average molecular weight is 350 g/mol. The fraction of sp³-hybridized carbons (Fsp3) is 0.900. The molecular formula is C20H35N3O2. The SMILES string of the molecule is CNCC1CCCN1C(=O)C1CCC(NC(=O)CC2CCCC2)CC1. The Morgan fingerprint density at radius 2 is 1.68 bits per heavy atom. The third-order valence-electron chi connectivity index (χ3n) is 6.49. The van der Waals surface area contributed by atoms with Crippen molar-refractivity contribution in [2.45, 2.75) is 82.7 Å². The molecule has 0 spiro atoms. The highest BCUT2D eigenvalue weighted by atomic mass is 16.2. The van der Waals surface area contributed by atoms with Crippen LogP contribution in [-0.2, 0) is 9.59 Å². The van der Waals surface area contributed by atoms with Crippen LogP contribution in [0.1, 0.15) is 70.6 Å². The first-order valence-corrected chi connectivity index (χ1v) is 10.4. The van der Waals surface area contributed by atoms with Crippen LogP contribution in [0.4, 0.5) is 0 Å². The van der Waals surface area contributed by atoms with Gasteiger partial charge < -0.3 is 15.5 Å². The first-order valence-electron chi connectivity index (χ1n) is 10.4. The maximum Gasteiger partial charge on any atom is 0.225 e. The van der Waals surface area contributed by atoms with E-state index in [4.69, 9.17) is 0 Å². The number of nitrogens with one attached hydrogen (secondary N) is 2. The highest BCUT2D eigenvalue weighted by molar-refractivity contribution is 5.80. The smallest absolute Gasteiger partial charge is 0.225 e. The summed E-state index contributed by atoms with van der Waals surface area (Å²) in [5.74, 6) is 1.36. The van der Waals surface area contributed by atoms with Crippen molar-refractivity contribution in [2.24, 2.45) is 11.8 Å². The Morgan fingerprint density at radius 1 is 0.960 bits per heavy atom. The van der Waals surface area contributed by atoms with Crippen molar-refractivity contribution in [1.82, 2.24) is 15.5 Å². The van der Waals surface area contributed by atoms with E-state index in [2.05, 4.69) is 15.5 Å². The van der Waals surface area contributed by atoms with Gasteiger partial charge >= 0.3 is 0 Å². The minimum Gasteiger partial charge on any atom is -0.353 e. The molecule has 25 heavy (non-hydrogen) atoms. The van der Waals surface area contributed by atoms with Gasteiger partial charge in [0.2, 0.25) is 11.8 Å². The van der Waals surface area contributed by atoms with Crippen LogP contribution in [-0.4, -0.2) is 48.9 Å². The fourth-order valence-electron chi connectivity index (χ4n) is 5.06. The molecule has 3 aliphatic rings. The summed E-state index contributed by atoms with van der Waals surface area (Å²) in [6.45, 7) is 1.82. The highest BCUT2D eigenvalue weighted by Crippen LogP contribution is 2.30. The molecule has 2 aliphatic carbocycles. The largest absolute Gasteiger partial charge is 0.353 e. The summed E-state index contributed by atoms with van der Waals surface area (Å²) in [5.41, 5.74) is 0. The summed E-state index contributed by atoms with van der Waals surface area (Å²) in [6.07, 6.45) is 11.7. The molecule has 5 heteroatoms. The van der Waals surface area contributed by atoms with Crippen molar-refractivity contribution < 1.29 is 9.59 Å². The number of rotatable bonds is 6. The van der Waals surface area contributed by atoms with Gasteiger partial charge in [0.15, 0.2) is 0 Å². The molecule has 1 unspecified atom stereocenters. The number of nitrogens with zero attached hydrogens (tertiary/aromatic N) is 1. The predicted octanol–water partition coefficient (Wildman–Crippen LogP) is 2.45. The van der Waals surface area contributed by atoms with E-state index in [0.29, 0.717) is 24.3 Å². The fourth-order valence-corrected chi connectivity index (χ4v) is 5.06. The second-order valence-electron chi connectivity index (χ2n) is 8.36. The predicted molar refractivity (Wildman–Crippen MR) is 99.1 cm³/mol. The molecule has 0 aromatic carbocycles. The second-order valence-corrected chi connectivity index (χ2v) is 8.36. The lowest BCUT2D eigenvalue weighted by molar-refractivity contribution is -0.137. The molecule has 3 rings (SSSR count). The van der Waals surface area contributed by atoms with Gasteiger partial charge in [-0.05, 0) is 64.3 Å². The number of likely N-dealkylation sites (N-methyl/N-ethyl adjacent to an activating group) is 1. The van der Waals surface area contributed by atoms with E-state index >= 15 is 0 Å². The van der Waals surface area contributed by atoms with Crippen molar-refractivity contribution in [3.63, 3.8) is 0 Å². The molecule has 2 amide bonds. The molecule has 3 fully saturated rings. The lowest BCUT2D eigenvalue weighted by Gasteiger charge is -2.33. The van der Waals surface area contributed by atoms with Crippen molar-refractivity contribution >= 4 is 11.8 Å². The standard InChI is InChI=1S/C20H35N3O2/c1-21-14-18-7-4-12-23(18)20(25)16-8-10-17(11-9-16)22-19(24)13-15-5-2-3-6-15/h15-18,21H,2-14H2,1H3,(H,22,24). The number of carbonyl (C=O) groups is 2. The molecular weight excluding hydrogens is 314 g/mol. The average Bonchev–Trinajstić information content (AvgIpc) is 3.27. The highest BCUT2D eigenvalue weighted by Gasteiger charge is 2.35. The van der Waals surface area contributed by atoms with Gasteiger partial charge in [0.25, 0.3) is 0 Å². The molecule has 142 valence electrons. The van der Waals surface area contributed by atoms with Crippen LogP contribution in [0.5, 0.6) is 0 Å². The molecule has 0 aromatic rings. The van der Waals surface area contributed by atoms with Crippen LogP contribution >= 0.6 is 0 Å². The minimum absolute atomic E-state index is 0.167. The van der Waals surface area contributed by atoms with Gasteiger partial charge in [-0.2, -0.15) is 0 Å². The summed E-state index contributed by atoms with van der Waals surface area (Å²) >= 11 is 0. The van der Waals surface area contributed by atoms with Crippen LogP contribution in [0.2, 0.25) is 0 Å². The van der Waals surface area contributed by atoms with Crippen LogP contribution < -0.4 is 10.6 Å². The van der Waals surface area contributed by atoms with Gasteiger partial charge in [0.05, 0.1) is 0 Å². The number of likely N-dealkylation sites (tertiary alicyclic amines) is 1. The molecule has 2 N–H and O–H groups in total. The van der Waals surface area contributed by atoms with E-state index in [1.54, 1.807) is 0 Å². The van der Waals surface area contributed by atoms with Gasteiger partial charge in [-0.15, -0.1) is 0 Å². The van der Waals surface area contributed by atoms with E-state index in [-0.39, 0.29) is 17.9 Å². The molecule has 1 saturated heterocycles. The van der Waals surface area contributed by atoms with Crippen molar-refractivity contribution in [3.8, 4) is 0 Å². The van der Waals surface area contributed by atoms with Gasteiger partial charge in [-0.25, -0.2) is 0 Å². The maximum atomic E-state index is 12.9. The molecule has 2 saturated carbocycles. The van der Waals surface area contributed by atoms with Gasteiger partial charge in [-0.3, -0.25) is 9.59 Å². The number of carbonyl (C=O) groups excluding carboxylic acids is 2. The molecule has 0 bridgehead atoms. The first kappa shape index (κ1) is 18.7. The van der Waals surface area contributed by atoms with Crippen LogP contribution in [0, 0.1) is 11.8 Å². The second kappa shape index (κ2) is 9.02. The molecule has 0 radical (unpaired) electrons. The Hall–Kier alpha value is -1.10. The minimum atomic E-state index is 0.167. The maximum absolute atomic E-state index is 12.9. The zero-order chi connectivity index (χ0) is 17.6. The normalized spacial score (nSPS) is 30.6. The Labute approximate surface area is 152 Å². The Balaban J connectivity index is 1.40. The van der Waals surface area contributed by atoms with E-state index in [9.17, 15) is 9.59 Å². The lowest BCUT2D eigenvalue weighted by Crippen LogP contribution is -2.46. The van der Waals surface area contributed by atoms with Crippen molar-refractivity contribution in [3.05, 3.63) is 0 Å². The van der Waals surface area contributed by atoms with Crippen LogP contribution in [0.3, 0.4) is 0 Å². The van der Waals surface area contributed by atoms with E-state index in [1.165, 1.54) is 25.7 Å². The van der Waals surface area contributed by atoms with Gasteiger partial charge in [0.1, 0.15) is 0 Å². The Morgan fingerprint density at radius 3 is 2.36 bits per heavy atom. The third-order valence-corrected chi connectivity index (χ3v) is 6.49. The van der Waals surface area contributed by atoms with E-state index in [1.807, 2.05) is 7.05 Å². The first-order chi connectivity index (χ1) is 12.2. The lowest BCUT2D eigenvalue weighted by atomic mass is 9.84. The van der Waals surface area contributed by atoms with Gasteiger partial charge in [-0.1, -0.05) is 12.8 Å². The summed E-state index contributed by atoms with van der Waals surface area (Å²) in [5, 5.41) is 6.44. The Kier molecular flexibility index (Phi) is 6.74. The van der Waals surface area contributed by atoms with Gasteiger partial charge in [0, 0.05) is 37.5 Å². The summed E-state index contributed by atoms with van der Waals surface area (Å²) in [7, 11) is 1.96. The number of amides is 2. The Bertz CT molecular complexity index is 454. The quantitative estimate of drug-likeness (QED) is 0.774. The molecule has 1 atom stereocenters. The summed E-state index contributed by atoms with van der Waals surface area (Å²) < 4.78 is 0. The number of hydrogen-bond acceptors (Lipinski definition) is 3. The zero-order valence-corrected chi connectivity index (χ0v) is 15.8. The van der Waals surface area contributed by atoms with Crippen molar-refractivity contribution in [1.29, 1.82) is 0 Å².